The highest BCUT2D eigenvalue weighted by Crippen LogP contribution is 2.30. The van der Waals surface area contributed by atoms with E-state index < -0.39 is 10.1 Å². The van der Waals surface area contributed by atoms with Crippen molar-refractivity contribution in [1.82, 2.24) is 4.90 Å². The van der Waals surface area contributed by atoms with Gasteiger partial charge in [0.15, 0.2) is 11.5 Å². The van der Waals surface area contributed by atoms with E-state index in [1.807, 2.05) is 26.0 Å². The second kappa shape index (κ2) is 8.75. The fourth-order valence-electron chi connectivity index (χ4n) is 2.49. The number of carbonyl (C=O) groups is 1. The maximum Gasteiger partial charge on any atom is 0.306 e. The number of amides is 1. The molecule has 0 radical (unpaired) electrons. The lowest BCUT2D eigenvalue weighted by Crippen LogP contribution is -2.36. The molecule has 1 amide bonds. The van der Waals surface area contributed by atoms with Crippen LogP contribution in [0.25, 0.3) is 0 Å². The van der Waals surface area contributed by atoms with E-state index in [0.717, 1.165) is 16.3 Å². The number of carbonyl (C=O) groups excluding carboxylic acids is 1. The summed E-state index contributed by atoms with van der Waals surface area (Å²) in [6, 6.07) is 12.1. The molecule has 0 atom stereocenters. The molecule has 2 aromatic rings. The van der Waals surface area contributed by atoms with Crippen molar-refractivity contribution in [2.75, 3.05) is 13.4 Å². The fraction of sp³-hybridized carbons (Fsp3) is 0.316. The summed E-state index contributed by atoms with van der Waals surface area (Å²) in [5, 5.41) is 0. The van der Waals surface area contributed by atoms with E-state index in [-0.39, 0.29) is 17.7 Å². The number of halogens is 1. The van der Waals surface area contributed by atoms with Crippen molar-refractivity contribution < 1.29 is 22.1 Å². The minimum Gasteiger partial charge on any atom is -0.493 e. The lowest BCUT2D eigenvalue weighted by molar-refractivity contribution is 0.0690. The Labute approximate surface area is 168 Å². The minimum atomic E-state index is -3.70. The van der Waals surface area contributed by atoms with Crippen LogP contribution in [0.4, 0.5) is 0 Å². The van der Waals surface area contributed by atoms with Crippen molar-refractivity contribution in [3.05, 3.63) is 58.1 Å². The Balaban J connectivity index is 2.31. The first kappa shape index (κ1) is 21.2. The second-order valence-corrected chi connectivity index (χ2v) is 8.80. The molecule has 0 N–H and O–H groups in total. The summed E-state index contributed by atoms with van der Waals surface area (Å²) in [6.07, 6.45) is 0.969. The van der Waals surface area contributed by atoms with Gasteiger partial charge in [-0.05, 0) is 55.8 Å². The number of hydrogen-bond donors (Lipinski definition) is 0. The molecule has 0 heterocycles. The third kappa shape index (κ3) is 5.97. The van der Waals surface area contributed by atoms with Crippen LogP contribution < -0.4 is 8.92 Å². The number of rotatable bonds is 7. The number of methoxy groups -OCH3 is 1. The molecule has 0 spiro atoms. The largest absolute Gasteiger partial charge is 0.493 e. The predicted molar refractivity (Wildman–Crippen MR) is 108 cm³/mol. The third-order valence-electron chi connectivity index (χ3n) is 3.80. The monoisotopic (exact) mass is 455 g/mol. The molecule has 8 heteroatoms. The van der Waals surface area contributed by atoms with Crippen LogP contribution in [0, 0.1) is 0 Å². The van der Waals surface area contributed by atoms with Gasteiger partial charge in [0.2, 0.25) is 0 Å². The van der Waals surface area contributed by atoms with Gasteiger partial charge in [-0.1, -0.05) is 22.0 Å². The Bertz CT molecular complexity index is 910. The van der Waals surface area contributed by atoms with Gasteiger partial charge in [0.25, 0.3) is 5.91 Å². The van der Waals surface area contributed by atoms with Gasteiger partial charge in [-0.15, -0.1) is 0 Å². The van der Waals surface area contributed by atoms with Crippen molar-refractivity contribution in [3.63, 3.8) is 0 Å². The lowest BCUT2D eigenvalue weighted by atomic mass is 10.1. The summed E-state index contributed by atoms with van der Waals surface area (Å²) >= 11 is 3.36. The number of benzene rings is 2. The van der Waals surface area contributed by atoms with Gasteiger partial charge in [0.05, 0.1) is 13.4 Å². The molecule has 0 aliphatic rings. The van der Waals surface area contributed by atoms with E-state index in [2.05, 4.69) is 15.9 Å². The van der Waals surface area contributed by atoms with Crippen LogP contribution >= 0.6 is 15.9 Å². The summed E-state index contributed by atoms with van der Waals surface area (Å²) in [4.78, 5) is 14.6. The highest BCUT2D eigenvalue weighted by molar-refractivity contribution is 9.10. The average molecular weight is 456 g/mol. The first-order valence-corrected chi connectivity index (χ1v) is 10.8. The average Bonchev–Trinajstić information content (AvgIpc) is 2.58. The Kier molecular flexibility index (Phi) is 6.89. The van der Waals surface area contributed by atoms with E-state index in [0.29, 0.717) is 17.9 Å². The lowest BCUT2D eigenvalue weighted by Gasteiger charge is -2.27. The number of hydrogen-bond acceptors (Lipinski definition) is 5. The van der Waals surface area contributed by atoms with E-state index in [1.54, 1.807) is 35.2 Å². The molecule has 2 aromatic carbocycles. The number of ether oxygens (including phenoxy) is 1. The van der Waals surface area contributed by atoms with Gasteiger partial charge >= 0.3 is 10.1 Å². The van der Waals surface area contributed by atoms with Crippen LogP contribution in [0.15, 0.2) is 46.9 Å². The normalized spacial score (nSPS) is 11.3. The van der Waals surface area contributed by atoms with Crippen LogP contribution in [-0.4, -0.2) is 38.6 Å². The molecular formula is C19H22BrNO5S. The maximum atomic E-state index is 12.9. The van der Waals surface area contributed by atoms with Crippen molar-refractivity contribution >= 4 is 32.0 Å². The van der Waals surface area contributed by atoms with Crippen LogP contribution in [0.1, 0.15) is 29.8 Å². The Morgan fingerprint density at radius 3 is 2.26 bits per heavy atom. The highest BCUT2D eigenvalue weighted by atomic mass is 79.9. The summed E-state index contributed by atoms with van der Waals surface area (Å²) in [6.45, 7) is 4.15. The standard InChI is InChI=1S/C19H22BrNO5S/c1-13(2)21(19(22)15-6-8-16(20)9-7-15)12-14-5-10-17(25-3)18(11-14)26-27(4,23)24/h5-11,13H,12H2,1-4H3. The molecule has 0 saturated carbocycles. The number of nitrogens with zero attached hydrogens (tertiary/aromatic N) is 1. The zero-order chi connectivity index (χ0) is 20.2. The van der Waals surface area contributed by atoms with Crippen LogP contribution in [0.3, 0.4) is 0 Å². The maximum absolute atomic E-state index is 12.9. The van der Waals surface area contributed by atoms with Gasteiger partial charge in [0.1, 0.15) is 0 Å². The van der Waals surface area contributed by atoms with Gasteiger partial charge in [-0.2, -0.15) is 8.42 Å². The smallest absolute Gasteiger partial charge is 0.306 e. The van der Waals surface area contributed by atoms with Gasteiger partial charge < -0.3 is 13.8 Å². The molecule has 27 heavy (non-hydrogen) atoms. The van der Waals surface area contributed by atoms with Crippen molar-refractivity contribution in [1.29, 1.82) is 0 Å². The topological polar surface area (TPSA) is 72.9 Å². The molecule has 146 valence electrons. The van der Waals surface area contributed by atoms with Crippen LogP contribution in [-0.2, 0) is 16.7 Å². The second-order valence-electron chi connectivity index (χ2n) is 6.31. The quantitative estimate of drug-likeness (QED) is 0.592. The first-order chi connectivity index (χ1) is 12.6. The SMILES string of the molecule is COc1ccc(CN(C(=O)c2ccc(Br)cc2)C(C)C)cc1OS(C)(=O)=O. The van der Waals surface area contributed by atoms with E-state index in [4.69, 9.17) is 8.92 Å². The highest BCUT2D eigenvalue weighted by Gasteiger charge is 2.20. The summed E-state index contributed by atoms with van der Waals surface area (Å²) in [5.41, 5.74) is 1.31. The molecule has 0 aliphatic carbocycles. The first-order valence-electron chi connectivity index (χ1n) is 8.23. The predicted octanol–water partition coefficient (Wildman–Crippen LogP) is 3.85. The summed E-state index contributed by atoms with van der Waals surface area (Å²) in [7, 11) is -2.27. The molecule has 0 unspecified atom stereocenters. The molecule has 2 rings (SSSR count). The summed E-state index contributed by atoms with van der Waals surface area (Å²) < 4.78 is 34.0. The van der Waals surface area contributed by atoms with Gasteiger partial charge in [-0.25, -0.2) is 0 Å². The van der Waals surface area contributed by atoms with Crippen LogP contribution in [0.2, 0.25) is 0 Å². The molecular weight excluding hydrogens is 434 g/mol. The molecule has 0 aliphatic heterocycles. The van der Waals surface area contributed by atoms with Gasteiger partial charge in [0, 0.05) is 22.6 Å². The van der Waals surface area contributed by atoms with Crippen molar-refractivity contribution in [2.45, 2.75) is 26.4 Å². The zero-order valence-electron chi connectivity index (χ0n) is 15.6. The fourth-order valence-corrected chi connectivity index (χ4v) is 3.21. The van der Waals surface area contributed by atoms with Crippen molar-refractivity contribution in [3.8, 4) is 11.5 Å². The molecule has 0 bridgehead atoms. The molecule has 0 aromatic heterocycles. The minimum absolute atomic E-state index is 0.0532. The van der Waals surface area contributed by atoms with Crippen molar-refractivity contribution in [2.24, 2.45) is 0 Å². The Morgan fingerprint density at radius 1 is 1.11 bits per heavy atom. The van der Waals surface area contributed by atoms with E-state index >= 15 is 0 Å². The Hall–Kier alpha value is -2.06. The molecule has 6 nitrogen and oxygen atoms in total. The van der Waals surface area contributed by atoms with E-state index in [9.17, 15) is 13.2 Å². The molecule has 0 fully saturated rings. The van der Waals surface area contributed by atoms with E-state index in [1.165, 1.54) is 7.11 Å². The van der Waals surface area contributed by atoms with Gasteiger partial charge in [-0.3, -0.25) is 4.79 Å². The zero-order valence-corrected chi connectivity index (χ0v) is 18.0. The molecule has 0 saturated heterocycles. The Morgan fingerprint density at radius 2 is 1.74 bits per heavy atom. The third-order valence-corrected chi connectivity index (χ3v) is 4.81. The summed E-state index contributed by atoms with van der Waals surface area (Å²) in [5.74, 6) is 0.288. The van der Waals surface area contributed by atoms with Crippen LogP contribution in [0.5, 0.6) is 11.5 Å².